The SMILES string of the molecule is N=C(N)c1ccc(OCCOCCCC(F)(F)F)cc1. The van der Waals surface area contributed by atoms with Crippen LogP contribution in [0.25, 0.3) is 0 Å². The Labute approximate surface area is 115 Å². The highest BCUT2D eigenvalue weighted by atomic mass is 19.4. The predicted molar refractivity (Wildman–Crippen MR) is 69.1 cm³/mol. The Morgan fingerprint density at radius 1 is 1.10 bits per heavy atom. The van der Waals surface area contributed by atoms with Crippen LogP contribution in [0.4, 0.5) is 13.2 Å². The monoisotopic (exact) mass is 290 g/mol. The zero-order valence-electron chi connectivity index (χ0n) is 10.9. The maximum absolute atomic E-state index is 11.8. The third-order valence-corrected chi connectivity index (χ3v) is 2.41. The molecule has 3 N–H and O–H groups in total. The number of ether oxygens (including phenoxy) is 2. The molecule has 0 bridgehead atoms. The van der Waals surface area contributed by atoms with Crippen molar-refractivity contribution in [1.29, 1.82) is 5.41 Å². The van der Waals surface area contributed by atoms with Crippen LogP contribution in [0.3, 0.4) is 0 Å². The number of rotatable bonds is 8. The number of nitrogens with one attached hydrogen (secondary N) is 1. The summed E-state index contributed by atoms with van der Waals surface area (Å²) in [7, 11) is 0. The minimum Gasteiger partial charge on any atom is -0.491 e. The molecule has 0 fully saturated rings. The van der Waals surface area contributed by atoms with Crippen LogP contribution in [0.5, 0.6) is 5.75 Å². The minimum absolute atomic E-state index is 0.0236. The largest absolute Gasteiger partial charge is 0.491 e. The first-order valence-electron chi connectivity index (χ1n) is 6.10. The molecule has 0 amide bonds. The molecule has 0 saturated heterocycles. The van der Waals surface area contributed by atoms with Crippen molar-refractivity contribution < 1.29 is 22.6 Å². The zero-order chi connectivity index (χ0) is 15.0. The number of benzene rings is 1. The normalized spacial score (nSPS) is 11.3. The molecule has 1 rings (SSSR count). The Balaban J connectivity index is 2.11. The van der Waals surface area contributed by atoms with Crippen molar-refractivity contribution in [3.05, 3.63) is 29.8 Å². The van der Waals surface area contributed by atoms with E-state index in [0.717, 1.165) is 0 Å². The Bertz CT molecular complexity index is 419. The lowest BCUT2D eigenvalue weighted by atomic mass is 10.2. The summed E-state index contributed by atoms with van der Waals surface area (Å²) in [5.74, 6) is 0.568. The molecule has 112 valence electrons. The molecule has 20 heavy (non-hydrogen) atoms. The maximum Gasteiger partial charge on any atom is 0.389 e. The van der Waals surface area contributed by atoms with Gasteiger partial charge in [-0.15, -0.1) is 0 Å². The first-order valence-corrected chi connectivity index (χ1v) is 6.10. The standard InChI is InChI=1S/C13H17F3N2O2/c14-13(15,16)6-1-7-19-8-9-20-11-4-2-10(3-5-11)12(17)18/h2-5H,1,6-9H2,(H3,17,18). The smallest absolute Gasteiger partial charge is 0.389 e. The molecule has 1 aromatic rings. The Morgan fingerprint density at radius 2 is 1.75 bits per heavy atom. The number of alkyl halides is 3. The maximum atomic E-state index is 11.8. The van der Waals surface area contributed by atoms with E-state index >= 15 is 0 Å². The van der Waals surface area contributed by atoms with E-state index in [0.29, 0.717) is 11.3 Å². The van der Waals surface area contributed by atoms with Crippen LogP contribution in [0.1, 0.15) is 18.4 Å². The zero-order valence-corrected chi connectivity index (χ0v) is 10.9. The van der Waals surface area contributed by atoms with Crippen LogP contribution >= 0.6 is 0 Å². The minimum atomic E-state index is -4.13. The predicted octanol–water partition coefficient (Wildman–Crippen LogP) is 2.71. The number of halogens is 3. The van der Waals surface area contributed by atoms with E-state index in [4.69, 9.17) is 20.6 Å². The molecule has 0 aromatic heterocycles. The number of nitrogen functional groups attached to an aromatic ring is 1. The van der Waals surface area contributed by atoms with Gasteiger partial charge in [-0.1, -0.05) is 0 Å². The summed E-state index contributed by atoms with van der Waals surface area (Å²) in [6, 6.07) is 6.64. The van der Waals surface area contributed by atoms with E-state index < -0.39 is 12.6 Å². The third kappa shape index (κ3) is 6.98. The molecular formula is C13H17F3N2O2. The van der Waals surface area contributed by atoms with Crippen molar-refractivity contribution in [2.75, 3.05) is 19.8 Å². The Hall–Kier alpha value is -1.76. The fourth-order valence-corrected chi connectivity index (χ4v) is 1.43. The van der Waals surface area contributed by atoms with E-state index in [1.54, 1.807) is 24.3 Å². The van der Waals surface area contributed by atoms with E-state index in [-0.39, 0.29) is 32.1 Å². The summed E-state index contributed by atoms with van der Waals surface area (Å²) in [6.07, 6.45) is -5.00. The molecule has 0 aliphatic rings. The summed E-state index contributed by atoms with van der Waals surface area (Å²) >= 11 is 0. The molecule has 0 aliphatic carbocycles. The van der Waals surface area contributed by atoms with Gasteiger partial charge in [-0.05, 0) is 30.7 Å². The molecular weight excluding hydrogens is 273 g/mol. The highest BCUT2D eigenvalue weighted by Gasteiger charge is 2.25. The fourth-order valence-electron chi connectivity index (χ4n) is 1.43. The van der Waals surface area contributed by atoms with Crippen molar-refractivity contribution in [3.63, 3.8) is 0 Å². The van der Waals surface area contributed by atoms with Gasteiger partial charge in [-0.3, -0.25) is 5.41 Å². The first kappa shape index (κ1) is 16.3. The summed E-state index contributed by atoms with van der Waals surface area (Å²) in [5, 5.41) is 7.22. The number of amidine groups is 1. The molecule has 0 spiro atoms. The van der Waals surface area contributed by atoms with Gasteiger partial charge in [0.1, 0.15) is 18.2 Å². The van der Waals surface area contributed by atoms with Crippen LogP contribution in [-0.4, -0.2) is 31.8 Å². The van der Waals surface area contributed by atoms with Gasteiger partial charge in [-0.25, -0.2) is 0 Å². The average molecular weight is 290 g/mol. The molecule has 1 aromatic carbocycles. The topological polar surface area (TPSA) is 68.3 Å². The van der Waals surface area contributed by atoms with Crippen molar-refractivity contribution in [2.45, 2.75) is 19.0 Å². The lowest BCUT2D eigenvalue weighted by Gasteiger charge is -2.08. The van der Waals surface area contributed by atoms with E-state index in [9.17, 15) is 13.2 Å². The van der Waals surface area contributed by atoms with Gasteiger partial charge in [0.25, 0.3) is 0 Å². The molecule has 7 heteroatoms. The van der Waals surface area contributed by atoms with Crippen LogP contribution in [-0.2, 0) is 4.74 Å². The van der Waals surface area contributed by atoms with Gasteiger partial charge in [0.05, 0.1) is 6.61 Å². The summed E-state index contributed by atoms with van der Waals surface area (Å²) in [6.45, 7) is 0.546. The van der Waals surface area contributed by atoms with Crippen LogP contribution in [0, 0.1) is 5.41 Å². The van der Waals surface area contributed by atoms with Crippen LogP contribution in [0.2, 0.25) is 0 Å². The quantitative estimate of drug-likeness (QED) is 0.439. The molecule has 4 nitrogen and oxygen atoms in total. The third-order valence-electron chi connectivity index (χ3n) is 2.41. The Morgan fingerprint density at radius 3 is 2.30 bits per heavy atom. The number of hydrogen-bond donors (Lipinski definition) is 2. The van der Waals surface area contributed by atoms with Crippen LogP contribution < -0.4 is 10.5 Å². The molecule has 0 aliphatic heterocycles. The number of nitrogens with two attached hydrogens (primary N) is 1. The van der Waals surface area contributed by atoms with Crippen molar-refractivity contribution in [1.82, 2.24) is 0 Å². The first-order chi connectivity index (χ1) is 9.38. The second kappa shape index (κ2) is 7.74. The van der Waals surface area contributed by atoms with Gasteiger partial charge in [-0.2, -0.15) is 13.2 Å². The van der Waals surface area contributed by atoms with E-state index in [1.165, 1.54) is 0 Å². The lowest BCUT2D eigenvalue weighted by molar-refractivity contribution is -0.138. The van der Waals surface area contributed by atoms with Crippen LogP contribution in [0.15, 0.2) is 24.3 Å². The summed E-state index contributed by atoms with van der Waals surface area (Å²) in [5.41, 5.74) is 5.90. The van der Waals surface area contributed by atoms with Gasteiger partial charge in [0, 0.05) is 18.6 Å². The molecule has 0 radical (unpaired) electrons. The van der Waals surface area contributed by atoms with Gasteiger partial charge in [0.15, 0.2) is 0 Å². The highest BCUT2D eigenvalue weighted by molar-refractivity contribution is 5.94. The van der Waals surface area contributed by atoms with Gasteiger partial charge in [0.2, 0.25) is 0 Å². The fraction of sp³-hybridized carbons (Fsp3) is 0.462. The second-order valence-corrected chi connectivity index (χ2v) is 4.12. The Kier molecular flexibility index (Phi) is 6.30. The molecule has 0 saturated carbocycles. The van der Waals surface area contributed by atoms with Crippen molar-refractivity contribution in [3.8, 4) is 5.75 Å². The van der Waals surface area contributed by atoms with E-state index in [1.807, 2.05) is 0 Å². The number of hydrogen-bond acceptors (Lipinski definition) is 3. The molecule has 0 atom stereocenters. The van der Waals surface area contributed by atoms with Gasteiger partial charge >= 0.3 is 6.18 Å². The van der Waals surface area contributed by atoms with E-state index in [2.05, 4.69) is 0 Å². The van der Waals surface area contributed by atoms with Crippen molar-refractivity contribution >= 4 is 5.84 Å². The average Bonchev–Trinajstić information content (AvgIpc) is 2.37. The second-order valence-electron chi connectivity index (χ2n) is 4.12. The van der Waals surface area contributed by atoms with Crippen molar-refractivity contribution in [2.24, 2.45) is 5.73 Å². The molecule has 0 unspecified atom stereocenters. The molecule has 0 heterocycles. The van der Waals surface area contributed by atoms with Gasteiger partial charge < -0.3 is 15.2 Å². The highest BCUT2D eigenvalue weighted by Crippen LogP contribution is 2.21. The summed E-state index contributed by atoms with van der Waals surface area (Å²) in [4.78, 5) is 0. The lowest BCUT2D eigenvalue weighted by Crippen LogP contribution is -2.12. The summed E-state index contributed by atoms with van der Waals surface area (Å²) < 4.78 is 45.9.